The van der Waals surface area contributed by atoms with E-state index in [1.165, 1.54) is 13.2 Å². The van der Waals surface area contributed by atoms with Gasteiger partial charge in [-0.1, -0.05) is 11.6 Å². The first-order valence-electron chi connectivity index (χ1n) is 12.1. The van der Waals surface area contributed by atoms with Crippen molar-refractivity contribution in [3.63, 3.8) is 0 Å². The van der Waals surface area contributed by atoms with Gasteiger partial charge in [-0.15, -0.1) is 0 Å². The third kappa shape index (κ3) is 6.90. The van der Waals surface area contributed by atoms with Gasteiger partial charge in [-0.05, 0) is 66.8 Å². The molecule has 1 fully saturated rings. The average molecular weight is 569 g/mol. The van der Waals surface area contributed by atoms with Crippen LogP contribution in [0.5, 0.6) is 17.2 Å². The van der Waals surface area contributed by atoms with Gasteiger partial charge in [0.2, 0.25) is 0 Å². The standard InChI is InChI=1S/C28H29ClN4O5S/c1-36-22-14-18(15-23(17-22)37-2)27(35)33-12-10-32(11-13-33)21-7-5-20(6-8-21)30-28(39)31-26(34)24-16-19(29)4-9-25(24)38-3/h4-9,14-17H,10-13H2,1-3H3,(H2,30,31,34,39). The van der Waals surface area contributed by atoms with Crippen molar-refractivity contribution in [2.75, 3.05) is 57.7 Å². The van der Waals surface area contributed by atoms with Crippen molar-refractivity contribution in [1.82, 2.24) is 10.2 Å². The Bertz CT molecular complexity index is 1340. The Kier molecular flexibility index (Phi) is 9.11. The minimum atomic E-state index is -0.428. The molecule has 0 atom stereocenters. The van der Waals surface area contributed by atoms with Crippen LogP contribution in [0.25, 0.3) is 0 Å². The molecule has 9 nitrogen and oxygen atoms in total. The molecule has 2 amide bonds. The van der Waals surface area contributed by atoms with E-state index in [-0.39, 0.29) is 16.6 Å². The Morgan fingerprint density at radius 2 is 1.49 bits per heavy atom. The second-order valence-corrected chi connectivity index (χ2v) is 9.53. The van der Waals surface area contributed by atoms with Crippen molar-refractivity contribution in [3.8, 4) is 17.2 Å². The maximum Gasteiger partial charge on any atom is 0.261 e. The topological polar surface area (TPSA) is 92.4 Å². The second kappa shape index (κ2) is 12.7. The van der Waals surface area contributed by atoms with Gasteiger partial charge in [-0.3, -0.25) is 14.9 Å². The van der Waals surface area contributed by atoms with E-state index < -0.39 is 5.91 Å². The number of nitrogens with one attached hydrogen (secondary N) is 2. The number of anilines is 2. The van der Waals surface area contributed by atoms with Gasteiger partial charge in [0.05, 0.1) is 26.9 Å². The summed E-state index contributed by atoms with van der Waals surface area (Å²) in [6.07, 6.45) is 0. The van der Waals surface area contributed by atoms with E-state index in [1.54, 1.807) is 44.6 Å². The molecule has 0 radical (unpaired) electrons. The maximum absolute atomic E-state index is 13.1. The fourth-order valence-electron chi connectivity index (χ4n) is 4.23. The molecule has 0 bridgehead atoms. The largest absolute Gasteiger partial charge is 0.497 e. The summed E-state index contributed by atoms with van der Waals surface area (Å²) in [6, 6.07) is 17.7. The van der Waals surface area contributed by atoms with Gasteiger partial charge < -0.3 is 29.3 Å². The van der Waals surface area contributed by atoms with Crippen LogP contribution in [0.4, 0.5) is 11.4 Å². The Hall–Kier alpha value is -4.02. The predicted molar refractivity (Wildman–Crippen MR) is 156 cm³/mol. The van der Waals surface area contributed by atoms with E-state index in [2.05, 4.69) is 15.5 Å². The molecule has 0 spiro atoms. The number of thiocarbonyl (C=S) groups is 1. The summed E-state index contributed by atoms with van der Waals surface area (Å²) in [7, 11) is 4.60. The molecule has 0 aromatic heterocycles. The Morgan fingerprint density at radius 1 is 0.846 bits per heavy atom. The number of benzene rings is 3. The summed E-state index contributed by atoms with van der Waals surface area (Å²) in [6.45, 7) is 2.55. The van der Waals surface area contributed by atoms with Gasteiger partial charge in [0.1, 0.15) is 17.2 Å². The van der Waals surface area contributed by atoms with Crippen LogP contribution < -0.4 is 29.7 Å². The fourth-order valence-corrected chi connectivity index (χ4v) is 4.61. The highest BCUT2D eigenvalue weighted by Crippen LogP contribution is 2.25. The molecule has 3 aromatic carbocycles. The number of hydrogen-bond acceptors (Lipinski definition) is 7. The highest BCUT2D eigenvalue weighted by atomic mass is 35.5. The van der Waals surface area contributed by atoms with Crippen molar-refractivity contribution in [2.24, 2.45) is 0 Å². The summed E-state index contributed by atoms with van der Waals surface area (Å²) in [5.41, 5.74) is 2.57. The zero-order chi connectivity index (χ0) is 27.9. The molecule has 2 N–H and O–H groups in total. The van der Waals surface area contributed by atoms with Gasteiger partial charge in [-0.25, -0.2) is 0 Å². The molecule has 204 valence electrons. The Morgan fingerprint density at radius 3 is 2.08 bits per heavy atom. The highest BCUT2D eigenvalue weighted by molar-refractivity contribution is 7.80. The molecule has 0 aliphatic carbocycles. The van der Waals surface area contributed by atoms with E-state index in [0.29, 0.717) is 54.0 Å². The van der Waals surface area contributed by atoms with Crippen molar-refractivity contribution in [1.29, 1.82) is 0 Å². The van der Waals surface area contributed by atoms with E-state index in [4.69, 9.17) is 38.0 Å². The number of piperazine rings is 1. The van der Waals surface area contributed by atoms with Crippen molar-refractivity contribution in [2.45, 2.75) is 0 Å². The van der Waals surface area contributed by atoms with Crippen LogP contribution in [0.2, 0.25) is 5.02 Å². The number of hydrogen-bond donors (Lipinski definition) is 2. The number of methoxy groups -OCH3 is 3. The van der Waals surface area contributed by atoms with Crippen LogP contribution in [0.1, 0.15) is 20.7 Å². The minimum Gasteiger partial charge on any atom is -0.497 e. The summed E-state index contributed by atoms with van der Waals surface area (Å²) in [4.78, 5) is 29.8. The van der Waals surface area contributed by atoms with E-state index in [0.717, 1.165) is 11.4 Å². The summed E-state index contributed by atoms with van der Waals surface area (Å²) < 4.78 is 15.8. The predicted octanol–water partition coefficient (Wildman–Crippen LogP) is 4.46. The summed E-state index contributed by atoms with van der Waals surface area (Å²) in [5.74, 6) is 1.07. The molecule has 1 heterocycles. The first-order valence-corrected chi connectivity index (χ1v) is 12.9. The average Bonchev–Trinajstić information content (AvgIpc) is 2.96. The maximum atomic E-state index is 13.1. The van der Waals surface area contributed by atoms with E-state index in [1.807, 2.05) is 29.2 Å². The molecule has 1 aliphatic rings. The number of carbonyl (C=O) groups excluding carboxylic acids is 2. The first kappa shape index (κ1) is 28.0. The van der Waals surface area contributed by atoms with Gasteiger partial charge in [0.25, 0.3) is 11.8 Å². The van der Waals surface area contributed by atoms with E-state index >= 15 is 0 Å². The molecule has 4 rings (SSSR count). The molecule has 1 saturated heterocycles. The van der Waals surface area contributed by atoms with Crippen LogP contribution in [0, 0.1) is 0 Å². The summed E-state index contributed by atoms with van der Waals surface area (Å²) >= 11 is 11.3. The quantitative estimate of drug-likeness (QED) is 0.404. The number of halogens is 1. The Balaban J connectivity index is 1.31. The van der Waals surface area contributed by atoms with Crippen molar-refractivity contribution in [3.05, 3.63) is 76.8 Å². The molecular weight excluding hydrogens is 540 g/mol. The number of carbonyl (C=O) groups is 2. The van der Waals surface area contributed by atoms with Crippen LogP contribution in [-0.4, -0.2) is 69.3 Å². The van der Waals surface area contributed by atoms with Gasteiger partial charge >= 0.3 is 0 Å². The lowest BCUT2D eigenvalue weighted by molar-refractivity contribution is 0.0745. The molecule has 0 unspecified atom stereocenters. The number of nitrogens with zero attached hydrogens (tertiary/aromatic N) is 2. The SMILES string of the molecule is COc1cc(OC)cc(C(=O)N2CCN(c3ccc(NC(=S)NC(=O)c4cc(Cl)ccc4OC)cc3)CC2)c1. The molecule has 1 aliphatic heterocycles. The third-order valence-corrected chi connectivity index (χ3v) is 6.73. The van der Waals surface area contributed by atoms with Crippen molar-refractivity contribution >= 4 is 52.1 Å². The van der Waals surface area contributed by atoms with Crippen LogP contribution in [-0.2, 0) is 0 Å². The lowest BCUT2D eigenvalue weighted by Gasteiger charge is -2.36. The van der Waals surface area contributed by atoms with Crippen molar-refractivity contribution < 1.29 is 23.8 Å². The van der Waals surface area contributed by atoms with Crippen LogP contribution >= 0.6 is 23.8 Å². The molecule has 3 aromatic rings. The van der Waals surface area contributed by atoms with Crippen LogP contribution in [0.3, 0.4) is 0 Å². The van der Waals surface area contributed by atoms with Gasteiger partial charge in [-0.2, -0.15) is 0 Å². The van der Waals surface area contributed by atoms with Gasteiger partial charge in [0.15, 0.2) is 5.11 Å². The van der Waals surface area contributed by atoms with Crippen LogP contribution in [0.15, 0.2) is 60.7 Å². The summed E-state index contributed by atoms with van der Waals surface area (Å²) in [5, 5.41) is 6.23. The second-order valence-electron chi connectivity index (χ2n) is 8.68. The fraction of sp³-hybridized carbons (Fsp3) is 0.250. The smallest absolute Gasteiger partial charge is 0.261 e. The lowest BCUT2D eigenvalue weighted by atomic mass is 10.1. The highest BCUT2D eigenvalue weighted by Gasteiger charge is 2.23. The molecule has 0 saturated carbocycles. The third-order valence-electron chi connectivity index (χ3n) is 6.29. The zero-order valence-electron chi connectivity index (χ0n) is 21.8. The normalized spacial score (nSPS) is 12.9. The molecule has 39 heavy (non-hydrogen) atoms. The molecule has 11 heteroatoms. The molecular formula is C28H29ClN4O5S. The number of ether oxygens (including phenoxy) is 3. The Labute approximate surface area is 237 Å². The minimum absolute atomic E-state index is 0.0580. The van der Waals surface area contributed by atoms with E-state index in [9.17, 15) is 9.59 Å². The first-order chi connectivity index (χ1) is 18.8. The zero-order valence-corrected chi connectivity index (χ0v) is 23.4. The monoisotopic (exact) mass is 568 g/mol. The number of rotatable bonds is 7. The van der Waals surface area contributed by atoms with Gasteiger partial charge in [0, 0.05) is 54.2 Å². The lowest BCUT2D eigenvalue weighted by Crippen LogP contribution is -2.48. The number of amides is 2.